The van der Waals surface area contributed by atoms with Gasteiger partial charge in [0.1, 0.15) is 28.8 Å². The summed E-state index contributed by atoms with van der Waals surface area (Å²) in [5.41, 5.74) is -1.83. The fourth-order valence-electron chi connectivity index (χ4n) is 1.63. The number of pyridine rings is 1. The second-order valence-corrected chi connectivity index (χ2v) is 4.68. The summed E-state index contributed by atoms with van der Waals surface area (Å²) in [6.45, 7) is 0. The Labute approximate surface area is 116 Å². The summed E-state index contributed by atoms with van der Waals surface area (Å²) in [6, 6.07) is 3.82. The summed E-state index contributed by atoms with van der Waals surface area (Å²) < 4.78 is 41.4. The van der Waals surface area contributed by atoms with Crippen LogP contribution >= 0.6 is 11.8 Å². The standard InChI is InChI=1S/C13H8F3NO2S/c1-20-6-4-8(15)11(9(16)5-6)12-7(14)2-3-10(17-12)13(18)19/h2-5H,1H3,(H,18,19). The average Bonchev–Trinajstić information content (AvgIpc) is 2.39. The van der Waals surface area contributed by atoms with Crippen LogP contribution in [0.1, 0.15) is 10.5 Å². The highest BCUT2D eigenvalue weighted by molar-refractivity contribution is 7.98. The van der Waals surface area contributed by atoms with E-state index >= 15 is 0 Å². The molecule has 0 fully saturated rings. The predicted molar refractivity (Wildman–Crippen MR) is 68.3 cm³/mol. The molecule has 7 heteroatoms. The Morgan fingerprint density at radius 1 is 1.15 bits per heavy atom. The molecule has 0 bridgehead atoms. The maximum absolute atomic E-state index is 13.9. The molecule has 1 heterocycles. The van der Waals surface area contributed by atoms with Gasteiger partial charge in [-0.05, 0) is 30.5 Å². The third-order valence-corrected chi connectivity index (χ3v) is 3.26. The van der Waals surface area contributed by atoms with E-state index in [9.17, 15) is 18.0 Å². The van der Waals surface area contributed by atoms with Gasteiger partial charge in [0.2, 0.25) is 0 Å². The number of carboxylic acids is 1. The van der Waals surface area contributed by atoms with E-state index in [1.54, 1.807) is 6.26 Å². The zero-order valence-corrected chi connectivity index (χ0v) is 11.0. The molecule has 1 aromatic heterocycles. The Hall–Kier alpha value is -2.02. The van der Waals surface area contributed by atoms with E-state index in [4.69, 9.17) is 5.11 Å². The second kappa shape index (κ2) is 5.54. The van der Waals surface area contributed by atoms with Crippen molar-refractivity contribution in [3.05, 3.63) is 47.4 Å². The van der Waals surface area contributed by atoms with Crippen molar-refractivity contribution in [2.45, 2.75) is 4.90 Å². The first-order chi connectivity index (χ1) is 9.43. The molecule has 104 valence electrons. The molecular weight excluding hydrogens is 291 g/mol. The number of halogens is 3. The van der Waals surface area contributed by atoms with Gasteiger partial charge >= 0.3 is 5.97 Å². The minimum atomic E-state index is -1.41. The van der Waals surface area contributed by atoms with Crippen LogP contribution < -0.4 is 0 Å². The van der Waals surface area contributed by atoms with Crippen LogP contribution in [0.25, 0.3) is 11.3 Å². The summed E-state index contributed by atoms with van der Waals surface area (Å²) in [6.07, 6.45) is 1.64. The van der Waals surface area contributed by atoms with Gasteiger partial charge < -0.3 is 5.11 Å². The van der Waals surface area contributed by atoms with Crippen molar-refractivity contribution < 1.29 is 23.1 Å². The zero-order chi connectivity index (χ0) is 14.9. The minimum Gasteiger partial charge on any atom is -0.477 e. The molecule has 0 aliphatic carbocycles. The van der Waals surface area contributed by atoms with Crippen LogP contribution in [0.2, 0.25) is 0 Å². The molecule has 3 nitrogen and oxygen atoms in total. The Balaban J connectivity index is 2.68. The molecule has 20 heavy (non-hydrogen) atoms. The van der Waals surface area contributed by atoms with E-state index in [1.165, 1.54) is 0 Å². The van der Waals surface area contributed by atoms with Gasteiger partial charge in [0.05, 0.1) is 5.56 Å². The Morgan fingerprint density at radius 2 is 1.75 bits per heavy atom. The number of aromatic nitrogens is 1. The van der Waals surface area contributed by atoms with Crippen molar-refractivity contribution in [1.82, 2.24) is 4.98 Å². The van der Waals surface area contributed by atoms with Gasteiger partial charge in [-0.25, -0.2) is 22.9 Å². The fraction of sp³-hybridized carbons (Fsp3) is 0.0769. The molecule has 0 atom stereocenters. The molecule has 1 N–H and O–H groups in total. The third-order valence-electron chi connectivity index (χ3n) is 2.55. The highest BCUT2D eigenvalue weighted by Crippen LogP contribution is 2.30. The molecule has 2 rings (SSSR count). The van der Waals surface area contributed by atoms with Gasteiger partial charge in [-0.15, -0.1) is 11.8 Å². The Morgan fingerprint density at radius 3 is 2.25 bits per heavy atom. The van der Waals surface area contributed by atoms with Crippen LogP contribution in [0, 0.1) is 17.5 Å². The van der Waals surface area contributed by atoms with Crippen LogP contribution in [0.3, 0.4) is 0 Å². The number of rotatable bonds is 3. The first-order valence-electron chi connectivity index (χ1n) is 5.37. The van der Waals surface area contributed by atoms with Gasteiger partial charge in [0.25, 0.3) is 0 Å². The van der Waals surface area contributed by atoms with Gasteiger partial charge in [0, 0.05) is 4.90 Å². The van der Waals surface area contributed by atoms with E-state index in [0.717, 1.165) is 36.0 Å². The molecule has 0 unspecified atom stereocenters. The highest BCUT2D eigenvalue weighted by atomic mass is 32.2. The lowest BCUT2D eigenvalue weighted by molar-refractivity contribution is 0.0690. The fourth-order valence-corrected chi connectivity index (χ4v) is 2.07. The lowest BCUT2D eigenvalue weighted by Gasteiger charge is -2.08. The monoisotopic (exact) mass is 299 g/mol. The van der Waals surface area contributed by atoms with Crippen LogP contribution in [0.15, 0.2) is 29.2 Å². The number of carboxylic acid groups (broad SMARTS) is 1. The number of benzene rings is 1. The number of nitrogens with zero attached hydrogens (tertiary/aromatic N) is 1. The van der Waals surface area contributed by atoms with E-state index < -0.39 is 40.4 Å². The third kappa shape index (κ3) is 2.62. The Kier molecular flexibility index (Phi) is 3.99. The molecule has 0 saturated heterocycles. The quantitative estimate of drug-likeness (QED) is 0.880. The molecular formula is C13H8F3NO2S. The maximum atomic E-state index is 13.9. The van der Waals surface area contributed by atoms with Gasteiger partial charge in [-0.1, -0.05) is 0 Å². The molecule has 0 radical (unpaired) electrons. The number of carbonyl (C=O) groups is 1. The number of hydrogen-bond donors (Lipinski definition) is 1. The van der Waals surface area contributed by atoms with Crippen molar-refractivity contribution in [3.63, 3.8) is 0 Å². The topological polar surface area (TPSA) is 50.2 Å². The van der Waals surface area contributed by atoms with Crippen LogP contribution in [-0.4, -0.2) is 22.3 Å². The van der Waals surface area contributed by atoms with Crippen molar-refractivity contribution in [3.8, 4) is 11.3 Å². The van der Waals surface area contributed by atoms with Gasteiger partial charge in [0.15, 0.2) is 0 Å². The van der Waals surface area contributed by atoms with Crippen LogP contribution in [-0.2, 0) is 0 Å². The zero-order valence-electron chi connectivity index (χ0n) is 10.2. The van der Waals surface area contributed by atoms with Crippen molar-refractivity contribution in [1.29, 1.82) is 0 Å². The second-order valence-electron chi connectivity index (χ2n) is 3.80. The van der Waals surface area contributed by atoms with E-state index in [0.29, 0.717) is 4.90 Å². The SMILES string of the molecule is CSc1cc(F)c(-c2nc(C(=O)O)ccc2F)c(F)c1. The smallest absolute Gasteiger partial charge is 0.354 e. The van der Waals surface area contributed by atoms with E-state index in [-0.39, 0.29) is 0 Å². The first-order valence-corrected chi connectivity index (χ1v) is 6.59. The highest BCUT2D eigenvalue weighted by Gasteiger charge is 2.20. The molecule has 0 saturated carbocycles. The van der Waals surface area contributed by atoms with Gasteiger partial charge in [-0.3, -0.25) is 0 Å². The average molecular weight is 299 g/mol. The minimum absolute atomic E-state index is 0.332. The van der Waals surface area contributed by atoms with Crippen LogP contribution in [0.4, 0.5) is 13.2 Å². The number of thioether (sulfide) groups is 1. The maximum Gasteiger partial charge on any atom is 0.354 e. The molecule has 1 aromatic carbocycles. The van der Waals surface area contributed by atoms with E-state index in [2.05, 4.69) is 4.98 Å². The van der Waals surface area contributed by atoms with E-state index in [1.807, 2.05) is 0 Å². The Bertz CT molecular complexity index is 668. The molecule has 0 aliphatic heterocycles. The molecule has 0 amide bonds. The normalized spacial score (nSPS) is 10.6. The summed E-state index contributed by atoms with van der Waals surface area (Å²) in [5, 5.41) is 8.79. The first kappa shape index (κ1) is 14.4. The molecule has 0 aliphatic rings. The van der Waals surface area contributed by atoms with Crippen molar-refractivity contribution in [2.24, 2.45) is 0 Å². The largest absolute Gasteiger partial charge is 0.477 e. The molecule has 2 aromatic rings. The van der Waals surface area contributed by atoms with Crippen molar-refractivity contribution in [2.75, 3.05) is 6.26 Å². The summed E-state index contributed by atoms with van der Waals surface area (Å²) in [5.74, 6) is -4.40. The number of aromatic carboxylic acids is 1. The lowest BCUT2D eigenvalue weighted by atomic mass is 10.1. The summed E-state index contributed by atoms with van der Waals surface area (Å²) >= 11 is 1.12. The summed E-state index contributed by atoms with van der Waals surface area (Å²) in [7, 11) is 0. The van der Waals surface area contributed by atoms with Gasteiger partial charge in [-0.2, -0.15) is 0 Å². The summed E-state index contributed by atoms with van der Waals surface area (Å²) in [4.78, 5) is 14.6. The lowest BCUT2D eigenvalue weighted by Crippen LogP contribution is -2.04. The van der Waals surface area contributed by atoms with Crippen LogP contribution in [0.5, 0.6) is 0 Å². The molecule has 0 spiro atoms. The van der Waals surface area contributed by atoms with Crippen molar-refractivity contribution >= 4 is 17.7 Å². The number of hydrogen-bond acceptors (Lipinski definition) is 3. The predicted octanol–water partition coefficient (Wildman–Crippen LogP) is 3.59.